The van der Waals surface area contributed by atoms with Gasteiger partial charge in [-0.2, -0.15) is 0 Å². The Balaban J connectivity index is -0.000000116. The standard InChI is InChI=1S/2C7H16O2.2B/c2*1-6(2,8)5-7(3,4)9;;/h2*8-9H,5H2,1-4H3;;. The summed E-state index contributed by atoms with van der Waals surface area (Å²) in [5.74, 6) is 0. The lowest BCUT2D eigenvalue weighted by molar-refractivity contribution is -0.0256. The normalized spacial score (nSPS) is 12.6. The first-order chi connectivity index (χ1) is 7.41. The maximum Gasteiger partial charge on any atom is 0.0618 e. The second-order valence-corrected chi connectivity index (χ2v) is 7.60. The SMILES string of the molecule is CC(C)(O)CC(C)(C)O.CC(C)(O)CC(C)(C)O.[B].[B]. The fraction of sp³-hybridized carbons (Fsp3) is 1.00. The van der Waals surface area contributed by atoms with Crippen molar-refractivity contribution >= 4 is 16.8 Å². The Morgan fingerprint density at radius 1 is 0.450 bits per heavy atom. The second kappa shape index (κ2) is 9.08. The molecule has 0 bridgehead atoms. The van der Waals surface area contributed by atoms with Crippen LogP contribution in [-0.2, 0) is 0 Å². The van der Waals surface area contributed by atoms with Crippen molar-refractivity contribution in [1.29, 1.82) is 0 Å². The van der Waals surface area contributed by atoms with Crippen LogP contribution in [0.15, 0.2) is 0 Å². The van der Waals surface area contributed by atoms with Crippen molar-refractivity contribution in [2.45, 2.75) is 90.6 Å². The maximum atomic E-state index is 9.19. The molecule has 4 N–H and O–H groups in total. The van der Waals surface area contributed by atoms with Crippen molar-refractivity contribution < 1.29 is 20.4 Å². The van der Waals surface area contributed by atoms with Gasteiger partial charge in [0.05, 0.1) is 22.4 Å². The molecule has 6 radical (unpaired) electrons. The highest BCUT2D eigenvalue weighted by molar-refractivity contribution is 5.76. The average molecular weight is 286 g/mol. The zero-order valence-corrected chi connectivity index (χ0v) is 14.4. The molecule has 118 valence electrons. The Hall–Kier alpha value is -0.0301. The third-order valence-corrected chi connectivity index (χ3v) is 1.73. The van der Waals surface area contributed by atoms with Gasteiger partial charge < -0.3 is 20.4 Å². The molecule has 0 aliphatic carbocycles. The highest BCUT2D eigenvalue weighted by Gasteiger charge is 2.24. The Labute approximate surface area is 128 Å². The highest BCUT2D eigenvalue weighted by atomic mass is 16.3. The van der Waals surface area contributed by atoms with E-state index in [4.69, 9.17) is 0 Å². The fourth-order valence-electron chi connectivity index (χ4n) is 2.12. The van der Waals surface area contributed by atoms with E-state index < -0.39 is 22.4 Å². The van der Waals surface area contributed by atoms with Gasteiger partial charge in [0.2, 0.25) is 0 Å². The van der Waals surface area contributed by atoms with Gasteiger partial charge in [-0.1, -0.05) is 0 Å². The summed E-state index contributed by atoms with van der Waals surface area (Å²) in [6, 6.07) is 0. The van der Waals surface area contributed by atoms with Crippen LogP contribution in [0.3, 0.4) is 0 Å². The lowest BCUT2D eigenvalue weighted by Gasteiger charge is -2.26. The molecule has 0 saturated carbocycles. The molecule has 6 heteroatoms. The van der Waals surface area contributed by atoms with Crippen molar-refractivity contribution in [3.63, 3.8) is 0 Å². The molecule has 0 aliphatic rings. The van der Waals surface area contributed by atoms with Gasteiger partial charge in [0.15, 0.2) is 0 Å². The molecule has 0 rings (SSSR count). The van der Waals surface area contributed by atoms with Crippen molar-refractivity contribution in [3.05, 3.63) is 0 Å². The quantitative estimate of drug-likeness (QED) is 0.583. The lowest BCUT2D eigenvalue weighted by atomic mass is 9.93. The van der Waals surface area contributed by atoms with E-state index in [1.165, 1.54) is 0 Å². The van der Waals surface area contributed by atoms with E-state index in [-0.39, 0.29) is 16.8 Å². The van der Waals surface area contributed by atoms with Crippen LogP contribution in [-0.4, -0.2) is 59.7 Å². The molecule has 4 nitrogen and oxygen atoms in total. The minimum absolute atomic E-state index is 0. The third-order valence-electron chi connectivity index (χ3n) is 1.73. The van der Waals surface area contributed by atoms with Gasteiger partial charge in [0, 0.05) is 29.7 Å². The predicted molar refractivity (Wildman–Crippen MR) is 85.9 cm³/mol. The topological polar surface area (TPSA) is 80.9 Å². The number of rotatable bonds is 4. The Morgan fingerprint density at radius 3 is 0.550 bits per heavy atom. The Morgan fingerprint density at radius 2 is 0.550 bits per heavy atom. The van der Waals surface area contributed by atoms with Crippen molar-refractivity contribution in [2.24, 2.45) is 0 Å². The lowest BCUT2D eigenvalue weighted by Crippen LogP contribution is -2.32. The molecule has 0 amide bonds. The minimum atomic E-state index is -0.766. The molecule has 0 aliphatic heterocycles. The molecule has 20 heavy (non-hydrogen) atoms. The van der Waals surface area contributed by atoms with E-state index >= 15 is 0 Å². The third kappa shape index (κ3) is 36.1. The summed E-state index contributed by atoms with van der Waals surface area (Å²) in [5.41, 5.74) is -3.06. The number of aliphatic hydroxyl groups is 4. The molecule has 0 fully saturated rings. The predicted octanol–water partition coefficient (Wildman–Crippen LogP) is 1.07. The largest absolute Gasteiger partial charge is 0.390 e. The first-order valence-corrected chi connectivity index (χ1v) is 6.31. The summed E-state index contributed by atoms with van der Waals surface area (Å²) in [6.45, 7) is 13.5. The number of hydrogen-bond donors (Lipinski definition) is 4. The molecule has 0 aromatic rings. The summed E-state index contributed by atoms with van der Waals surface area (Å²) >= 11 is 0. The maximum absolute atomic E-state index is 9.19. The van der Waals surface area contributed by atoms with Crippen LogP contribution in [0.1, 0.15) is 68.2 Å². The van der Waals surface area contributed by atoms with Gasteiger partial charge in [-0.15, -0.1) is 0 Å². The molecule has 0 unspecified atom stereocenters. The number of hydrogen-bond acceptors (Lipinski definition) is 4. The second-order valence-electron chi connectivity index (χ2n) is 7.60. The molecule has 0 spiro atoms. The molecule has 0 atom stereocenters. The Kier molecular flexibility index (Phi) is 12.8. The molecule has 0 aromatic heterocycles. The van der Waals surface area contributed by atoms with Crippen molar-refractivity contribution in [1.82, 2.24) is 0 Å². The molecular weight excluding hydrogens is 254 g/mol. The van der Waals surface area contributed by atoms with E-state index in [9.17, 15) is 20.4 Å². The molecule has 0 aromatic carbocycles. The van der Waals surface area contributed by atoms with E-state index in [1.807, 2.05) is 0 Å². The van der Waals surface area contributed by atoms with E-state index in [0.29, 0.717) is 12.8 Å². The summed E-state index contributed by atoms with van der Waals surface area (Å²) in [6.07, 6.45) is 0.806. The van der Waals surface area contributed by atoms with E-state index in [2.05, 4.69) is 0 Å². The smallest absolute Gasteiger partial charge is 0.0618 e. The van der Waals surface area contributed by atoms with Gasteiger partial charge >= 0.3 is 0 Å². The summed E-state index contributed by atoms with van der Waals surface area (Å²) in [7, 11) is 0. The summed E-state index contributed by atoms with van der Waals surface area (Å²) < 4.78 is 0. The molecule has 0 heterocycles. The van der Waals surface area contributed by atoms with Crippen LogP contribution in [0, 0.1) is 0 Å². The van der Waals surface area contributed by atoms with Crippen LogP contribution >= 0.6 is 0 Å². The van der Waals surface area contributed by atoms with Gasteiger partial charge in [0.1, 0.15) is 0 Å². The van der Waals surface area contributed by atoms with Crippen LogP contribution in [0.4, 0.5) is 0 Å². The first kappa shape index (κ1) is 28.2. The molecule has 0 saturated heterocycles. The van der Waals surface area contributed by atoms with Crippen LogP contribution in [0.5, 0.6) is 0 Å². The molecular formula is C14H32B2O4. The summed E-state index contributed by atoms with van der Waals surface area (Å²) in [4.78, 5) is 0. The van der Waals surface area contributed by atoms with Gasteiger partial charge in [-0.3, -0.25) is 0 Å². The van der Waals surface area contributed by atoms with Crippen LogP contribution in [0.2, 0.25) is 0 Å². The van der Waals surface area contributed by atoms with E-state index in [0.717, 1.165) is 0 Å². The first-order valence-electron chi connectivity index (χ1n) is 6.31. The van der Waals surface area contributed by atoms with Gasteiger partial charge in [0.25, 0.3) is 0 Å². The van der Waals surface area contributed by atoms with Gasteiger partial charge in [-0.05, 0) is 55.4 Å². The van der Waals surface area contributed by atoms with Gasteiger partial charge in [-0.25, -0.2) is 0 Å². The summed E-state index contributed by atoms with van der Waals surface area (Å²) in [5, 5.41) is 36.8. The van der Waals surface area contributed by atoms with Crippen molar-refractivity contribution in [2.75, 3.05) is 0 Å². The zero-order chi connectivity index (χ0) is 15.4. The van der Waals surface area contributed by atoms with Crippen LogP contribution < -0.4 is 0 Å². The van der Waals surface area contributed by atoms with Crippen molar-refractivity contribution in [3.8, 4) is 0 Å². The van der Waals surface area contributed by atoms with E-state index in [1.54, 1.807) is 55.4 Å². The minimum Gasteiger partial charge on any atom is -0.390 e. The highest BCUT2D eigenvalue weighted by Crippen LogP contribution is 2.19. The Bertz CT molecular complexity index is 180. The fourth-order valence-corrected chi connectivity index (χ4v) is 2.12. The average Bonchev–Trinajstić information content (AvgIpc) is 1.64. The zero-order valence-electron chi connectivity index (χ0n) is 14.4. The van der Waals surface area contributed by atoms with Crippen LogP contribution in [0.25, 0.3) is 0 Å². The monoisotopic (exact) mass is 286 g/mol.